The van der Waals surface area contributed by atoms with Crippen LogP contribution in [0.25, 0.3) is 0 Å². The third-order valence-corrected chi connectivity index (χ3v) is 2.36. The minimum Gasteiger partial charge on any atom is -0.469 e. The summed E-state index contributed by atoms with van der Waals surface area (Å²) in [5.74, 6) is -0.316. The zero-order valence-electron chi connectivity index (χ0n) is 9.36. The normalized spacial score (nSPS) is 14.7. The first-order valence-corrected chi connectivity index (χ1v) is 4.88. The van der Waals surface area contributed by atoms with Crippen LogP contribution in [0.15, 0.2) is 12.4 Å². The molecule has 1 heterocycles. The molecule has 1 rings (SSSR count). The Morgan fingerprint density at radius 2 is 2.40 bits per heavy atom. The van der Waals surface area contributed by atoms with Crippen molar-refractivity contribution in [3.63, 3.8) is 0 Å². The van der Waals surface area contributed by atoms with Crippen molar-refractivity contribution < 1.29 is 9.53 Å². The summed E-state index contributed by atoms with van der Waals surface area (Å²) >= 11 is 0. The van der Waals surface area contributed by atoms with Crippen LogP contribution in [0.1, 0.15) is 25.8 Å². The van der Waals surface area contributed by atoms with Gasteiger partial charge in [0.05, 0.1) is 25.3 Å². The molecule has 1 aromatic rings. The number of rotatable bonds is 4. The number of aryl methyl sites for hydroxylation is 1. The van der Waals surface area contributed by atoms with Crippen LogP contribution in [0.5, 0.6) is 0 Å². The van der Waals surface area contributed by atoms with E-state index in [-0.39, 0.29) is 12.4 Å². The minimum absolute atomic E-state index is 0.152. The van der Waals surface area contributed by atoms with E-state index in [0.717, 1.165) is 12.1 Å². The van der Waals surface area contributed by atoms with E-state index in [2.05, 4.69) is 9.84 Å². The van der Waals surface area contributed by atoms with Crippen molar-refractivity contribution in [1.29, 1.82) is 0 Å². The summed E-state index contributed by atoms with van der Waals surface area (Å²) in [4.78, 5) is 11.1. The molecule has 0 bridgehead atoms. The van der Waals surface area contributed by atoms with Gasteiger partial charge in [0.1, 0.15) is 0 Å². The van der Waals surface area contributed by atoms with E-state index in [0.29, 0.717) is 0 Å². The van der Waals surface area contributed by atoms with Gasteiger partial charge in [0.2, 0.25) is 0 Å². The molecule has 0 saturated carbocycles. The van der Waals surface area contributed by atoms with Gasteiger partial charge in [-0.15, -0.1) is 0 Å². The van der Waals surface area contributed by atoms with Gasteiger partial charge in [0.15, 0.2) is 0 Å². The average molecular weight is 211 g/mol. The summed E-state index contributed by atoms with van der Waals surface area (Å²) in [6, 6.07) is 0. The molecular formula is C10H17N3O2. The molecule has 84 valence electrons. The average Bonchev–Trinajstić information content (AvgIpc) is 2.65. The summed E-state index contributed by atoms with van der Waals surface area (Å²) < 4.78 is 6.37. The summed E-state index contributed by atoms with van der Waals surface area (Å²) in [5, 5.41) is 4.12. The van der Waals surface area contributed by atoms with Crippen molar-refractivity contribution in [3.05, 3.63) is 18.0 Å². The van der Waals surface area contributed by atoms with Crippen LogP contribution in [0.3, 0.4) is 0 Å². The molecule has 0 aliphatic rings. The van der Waals surface area contributed by atoms with Gasteiger partial charge in [-0.25, -0.2) is 0 Å². The van der Waals surface area contributed by atoms with Gasteiger partial charge >= 0.3 is 5.97 Å². The monoisotopic (exact) mass is 211 g/mol. The van der Waals surface area contributed by atoms with Crippen LogP contribution in [0.2, 0.25) is 0 Å². The fourth-order valence-electron chi connectivity index (χ4n) is 1.31. The van der Waals surface area contributed by atoms with Crippen molar-refractivity contribution in [2.24, 2.45) is 5.73 Å². The number of methoxy groups -OCH3 is 1. The fraction of sp³-hybridized carbons (Fsp3) is 0.600. The second-order valence-corrected chi connectivity index (χ2v) is 3.76. The van der Waals surface area contributed by atoms with Crippen molar-refractivity contribution in [1.82, 2.24) is 9.78 Å². The summed E-state index contributed by atoms with van der Waals surface area (Å²) in [6.45, 7) is 4.57. The SMILES string of the molecule is CCn1cc(C(C)(N)CC(=O)OC)cn1. The topological polar surface area (TPSA) is 70.1 Å². The summed E-state index contributed by atoms with van der Waals surface area (Å²) in [6.07, 6.45) is 3.69. The van der Waals surface area contributed by atoms with E-state index in [1.54, 1.807) is 17.8 Å². The van der Waals surface area contributed by atoms with Crippen LogP contribution in [0, 0.1) is 0 Å². The van der Waals surface area contributed by atoms with Gasteiger partial charge in [0.25, 0.3) is 0 Å². The van der Waals surface area contributed by atoms with E-state index in [1.165, 1.54) is 7.11 Å². The number of hydrogen-bond donors (Lipinski definition) is 1. The Balaban J connectivity index is 2.80. The molecule has 2 N–H and O–H groups in total. The zero-order chi connectivity index (χ0) is 11.5. The molecule has 0 fully saturated rings. The second kappa shape index (κ2) is 4.44. The predicted molar refractivity (Wildman–Crippen MR) is 56.1 cm³/mol. The molecule has 15 heavy (non-hydrogen) atoms. The maximum absolute atomic E-state index is 11.1. The summed E-state index contributed by atoms with van der Waals surface area (Å²) in [5.41, 5.74) is 6.15. The van der Waals surface area contributed by atoms with Crippen LogP contribution in [-0.4, -0.2) is 22.9 Å². The molecule has 0 aromatic carbocycles. The van der Waals surface area contributed by atoms with Gasteiger partial charge in [0, 0.05) is 18.3 Å². The Labute approximate surface area is 89.2 Å². The molecule has 0 amide bonds. The Morgan fingerprint density at radius 3 is 2.87 bits per heavy atom. The van der Waals surface area contributed by atoms with Gasteiger partial charge in [-0.05, 0) is 13.8 Å². The number of carbonyl (C=O) groups excluding carboxylic acids is 1. The highest BCUT2D eigenvalue weighted by Gasteiger charge is 2.26. The Bertz CT molecular complexity index is 344. The van der Waals surface area contributed by atoms with Crippen molar-refractivity contribution in [2.45, 2.75) is 32.4 Å². The molecule has 0 spiro atoms. The van der Waals surface area contributed by atoms with Gasteiger partial charge in [-0.1, -0.05) is 0 Å². The van der Waals surface area contributed by atoms with Gasteiger partial charge < -0.3 is 10.5 Å². The molecule has 1 unspecified atom stereocenters. The first kappa shape index (κ1) is 11.7. The Kier molecular flexibility index (Phi) is 3.47. The number of hydrogen-bond acceptors (Lipinski definition) is 4. The predicted octanol–water partition coefficient (Wildman–Crippen LogP) is 0.640. The molecule has 0 radical (unpaired) electrons. The molecule has 0 saturated heterocycles. The van der Waals surface area contributed by atoms with E-state index in [1.807, 2.05) is 13.1 Å². The van der Waals surface area contributed by atoms with E-state index in [4.69, 9.17) is 5.73 Å². The number of esters is 1. The molecule has 1 aromatic heterocycles. The highest BCUT2D eigenvalue weighted by atomic mass is 16.5. The lowest BCUT2D eigenvalue weighted by Crippen LogP contribution is -2.35. The lowest BCUT2D eigenvalue weighted by Gasteiger charge is -2.21. The van der Waals surface area contributed by atoms with Crippen LogP contribution in [-0.2, 0) is 21.6 Å². The van der Waals surface area contributed by atoms with Crippen molar-refractivity contribution in [2.75, 3.05) is 7.11 Å². The lowest BCUT2D eigenvalue weighted by atomic mass is 9.92. The third-order valence-electron chi connectivity index (χ3n) is 2.36. The number of nitrogens with two attached hydrogens (primary N) is 1. The molecule has 5 heteroatoms. The first-order chi connectivity index (χ1) is 6.99. The maximum Gasteiger partial charge on any atom is 0.307 e. The number of ether oxygens (including phenoxy) is 1. The molecule has 0 aliphatic carbocycles. The number of nitrogens with zero attached hydrogens (tertiary/aromatic N) is 2. The largest absolute Gasteiger partial charge is 0.469 e. The summed E-state index contributed by atoms with van der Waals surface area (Å²) in [7, 11) is 1.36. The molecule has 0 aliphatic heterocycles. The first-order valence-electron chi connectivity index (χ1n) is 4.88. The maximum atomic E-state index is 11.1. The second-order valence-electron chi connectivity index (χ2n) is 3.76. The Morgan fingerprint density at radius 1 is 1.73 bits per heavy atom. The van der Waals surface area contributed by atoms with E-state index >= 15 is 0 Å². The lowest BCUT2D eigenvalue weighted by molar-refractivity contribution is -0.141. The van der Waals surface area contributed by atoms with Crippen molar-refractivity contribution in [3.8, 4) is 0 Å². The minimum atomic E-state index is -0.722. The van der Waals surface area contributed by atoms with Crippen LogP contribution in [0.4, 0.5) is 0 Å². The highest BCUT2D eigenvalue weighted by molar-refractivity contribution is 5.71. The Hall–Kier alpha value is -1.36. The third kappa shape index (κ3) is 2.79. The molecule has 5 nitrogen and oxygen atoms in total. The quantitative estimate of drug-likeness (QED) is 0.742. The fourth-order valence-corrected chi connectivity index (χ4v) is 1.31. The van der Waals surface area contributed by atoms with Crippen molar-refractivity contribution >= 4 is 5.97 Å². The smallest absolute Gasteiger partial charge is 0.307 e. The standard InChI is InChI=1S/C10H17N3O2/c1-4-13-7-8(6-12-13)10(2,11)5-9(14)15-3/h6-7H,4-5,11H2,1-3H3. The van der Waals surface area contributed by atoms with Gasteiger partial charge in [-0.2, -0.15) is 5.10 Å². The van der Waals surface area contributed by atoms with E-state index in [9.17, 15) is 4.79 Å². The zero-order valence-corrected chi connectivity index (χ0v) is 9.36. The highest BCUT2D eigenvalue weighted by Crippen LogP contribution is 2.21. The number of carbonyl (C=O) groups is 1. The van der Waals surface area contributed by atoms with Crippen LogP contribution < -0.4 is 5.73 Å². The van der Waals surface area contributed by atoms with Gasteiger partial charge in [-0.3, -0.25) is 9.48 Å². The molecule has 1 atom stereocenters. The number of aromatic nitrogens is 2. The van der Waals surface area contributed by atoms with E-state index < -0.39 is 5.54 Å². The van der Waals surface area contributed by atoms with Crippen LogP contribution >= 0.6 is 0 Å². The molecular weight excluding hydrogens is 194 g/mol.